The van der Waals surface area contributed by atoms with E-state index < -0.39 is 5.92 Å². The number of carbonyl (C=O) groups excluding carboxylic acids is 2. The van der Waals surface area contributed by atoms with Crippen molar-refractivity contribution in [2.24, 2.45) is 17.8 Å². The van der Waals surface area contributed by atoms with Gasteiger partial charge < -0.3 is 4.74 Å². The molecule has 1 fully saturated rings. The molecule has 0 N–H and O–H groups in total. The maximum atomic E-state index is 12.4. The van der Waals surface area contributed by atoms with E-state index in [9.17, 15) is 9.59 Å². The van der Waals surface area contributed by atoms with Crippen LogP contribution in [0.15, 0.2) is 0 Å². The summed E-state index contributed by atoms with van der Waals surface area (Å²) in [6.07, 6.45) is 5.58. The molecular formula is C15H26O3. The van der Waals surface area contributed by atoms with E-state index in [1.54, 1.807) is 6.92 Å². The molecule has 0 spiro atoms. The normalized spacial score (nSPS) is 25.5. The first kappa shape index (κ1) is 15.2. The number of hydrogen-bond donors (Lipinski definition) is 0. The first-order valence-electron chi connectivity index (χ1n) is 7.30. The molecule has 0 aromatic rings. The Bertz CT molecular complexity index is 277. The summed E-state index contributed by atoms with van der Waals surface area (Å²) in [7, 11) is 0. The van der Waals surface area contributed by atoms with Crippen molar-refractivity contribution in [3.05, 3.63) is 0 Å². The van der Waals surface area contributed by atoms with Gasteiger partial charge in [-0.15, -0.1) is 0 Å². The van der Waals surface area contributed by atoms with E-state index in [4.69, 9.17) is 4.74 Å². The average molecular weight is 254 g/mol. The first-order chi connectivity index (χ1) is 8.60. The summed E-state index contributed by atoms with van der Waals surface area (Å²) in [5.41, 5.74) is 0. The summed E-state index contributed by atoms with van der Waals surface area (Å²) in [6, 6.07) is 0. The quantitative estimate of drug-likeness (QED) is 0.539. The molecule has 1 aliphatic carbocycles. The van der Waals surface area contributed by atoms with Gasteiger partial charge in [-0.25, -0.2) is 0 Å². The maximum absolute atomic E-state index is 12.4. The van der Waals surface area contributed by atoms with Gasteiger partial charge in [-0.3, -0.25) is 9.59 Å². The highest BCUT2D eigenvalue weighted by Gasteiger charge is 2.34. The second-order valence-electron chi connectivity index (χ2n) is 5.45. The fourth-order valence-corrected chi connectivity index (χ4v) is 2.74. The molecule has 1 atom stereocenters. The number of rotatable bonds is 6. The molecule has 1 unspecified atom stereocenters. The molecule has 0 heterocycles. The van der Waals surface area contributed by atoms with E-state index in [1.807, 2.05) is 6.92 Å². The van der Waals surface area contributed by atoms with Crippen LogP contribution < -0.4 is 0 Å². The molecule has 3 heteroatoms. The third-order valence-electron chi connectivity index (χ3n) is 3.91. The largest absolute Gasteiger partial charge is 0.465 e. The SMILES string of the molecule is CCCC(C(=O)OCC)C(=O)C1CCC(C)CC1. The topological polar surface area (TPSA) is 43.4 Å². The molecule has 0 radical (unpaired) electrons. The van der Waals surface area contributed by atoms with Crippen molar-refractivity contribution in [3.8, 4) is 0 Å². The lowest BCUT2D eigenvalue weighted by molar-refractivity contribution is -0.153. The zero-order valence-corrected chi connectivity index (χ0v) is 11.9. The van der Waals surface area contributed by atoms with Crippen LogP contribution in [0, 0.1) is 17.8 Å². The fourth-order valence-electron chi connectivity index (χ4n) is 2.74. The number of hydrogen-bond acceptors (Lipinski definition) is 3. The molecular weight excluding hydrogens is 228 g/mol. The third kappa shape index (κ3) is 4.11. The van der Waals surface area contributed by atoms with Crippen LogP contribution in [0.4, 0.5) is 0 Å². The Labute approximate surface area is 110 Å². The zero-order chi connectivity index (χ0) is 13.5. The smallest absolute Gasteiger partial charge is 0.316 e. The van der Waals surface area contributed by atoms with E-state index in [1.165, 1.54) is 0 Å². The van der Waals surface area contributed by atoms with Gasteiger partial charge in [0.2, 0.25) is 0 Å². The van der Waals surface area contributed by atoms with Crippen molar-refractivity contribution in [1.29, 1.82) is 0 Å². The third-order valence-corrected chi connectivity index (χ3v) is 3.91. The number of Topliss-reactive ketones (excluding diaryl/α,β-unsaturated/α-hetero) is 1. The number of ketones is 1. The van der Waals surface area contributed by atoms with Crippen LogP contribution in [0.2, 0.25) is 0 Å². The Morgan fingerprint density at radius 3 is 2.28 bits per heavy atom. The molecule has 3 nitrogen and oxygen atoms in total. The van der Waals surface area contributed by atoms with Gasteiger partial charge in [0.1, 0.15) is 11.7 Å². The lowest BCUT2D eigenvalue weighted by Crippen LogP contribution is -2.33. The zero-order valence-electron chi connectivity index (χ0n) is 11.9. The maximum Gasteiger partial charge on any atom is 0.316 e. The van der Waals surface area contributed by atoms with E-state index >= 15 is 0 Å². The van der Waals surface area contributed by atoms with Crippen molar-refractivity contribution in [2.45, 2.75) is 59.3 Å². The van der Waals surface area contributed by atoms with Crippen LogP contribution >= 0.6 is 0 Å². The van der Waals surface area contributed by atoms with E-state index in [0.717, 1.165) is 38.0 Å². The highest BCUT2D eigenvalue weighted by Crippen LogP contribution is 2.31. The summed E-state index contributed by atoms with van der Waals surface area (Å²) in [5, 5.41) is 0. The standard InChI is InChI=1S/C15H26O3/c1-4-6-13(15(17)18-5-2)14(16)12-9-7-11(3)8-10-12/h11-13H,4-10H2,1-3H3. The van der Waals surface area contributed by atoms with Crippen LogP contribution in [0.1, 0.15) is 59.3 Å². The Morgan fingerprint density at radius 2 is 1.78 bits per heavy atom. The van der Waals surface area contributed by atoms with Crippen LogP contribution in [-0.2, 0) is 14.3 Å². The van der Waals surface area contributed by atoms with Crippen LogP contribution in [0.5, 0.6) is 0 Å². The van der Waals surface area contributed by atoms with Gasteiger partial charge in [-0.05, 0) is 32.1 Å². The van der Waals surface area contributed by atoms with Gasteiger partial charge in [-0.2, -0.15) is 0 Å². The van der Waals surface area contributed by atoms with Gasteiger partial charge in [-0.1, -0.05) is 33.1 Å². The molecule has 104 valence electrons. The van der Waals surface area contributed by atoms with Gasteiger partial charge in [0.05, 0.1) is 6.61 Å². The second kappa shape index (κ2) is 7.55. The van der Waals surface area contributed by atoms with E-state index in [2.05, 4.69) is 6.92 Å². The lowest BCUT2D eigenvalue weighted by Gasteiger charge is -2.27. The van der Waals surface area contributed by atoms with Crippen molar-refractivity contribution >= 4 is 11.8 Å². The summed E-state index contributed by atoms with van der Waals surface area (Å²) in [4.78, 5) is 24.2. The van der Waals surface area contributed by atoms with E-state index in [-0.39, 0.29) is 17.7 Å². The fraction of sp³-hybridized carbons (Fsp3) is 0.867. The average Bonchev–Trinajstić information content (AvgIpc) is 2.36. The Kier molecular flexibility index (Phi) is 6.37. The first-order valence-corrected chi connectivity index (χ1v) is 7.30. The minimum Gasteiger partial charge on any atom is -0.465 e. The van der Waals surface area contributed by atoms with Gasteiger partial charge in [0.15, 0.2) is 0 Å². The van der Waals surface area contributed by atoms with Gasteiger partial charge in [0.25, 0.3) is 0 Å². The molecule has 0 amide bonds. The number of carbonyl (C=O) groups is 2. The molecule has 1 rings (SSSR count). The molecule has 0 saturated heterocycles. The Hall–Kier alpha value is -0.860. The van der Waals surface area contributed by atoms with Crippen molar-refractivity contribution in [3.63, 3.8) is 0 Å². The number of ether oxygens (including phenoxy) is 1. The number of esters is 1. The molecule has 1 aliphatic rings. The Morgan fingerprint density at radius 1 is 1.17 bits per heavy atom. The molecule has 0 aliphatic heterocycles. The van der Waals surface area contributed by atoms with Gasteiger partial charge in [0, 0.05) is 5.92 Å². The summed E-state index contributed by atoms with van der Waals surface area (Å²) in [6.45, 7) is 6.37. The van der Waals surface area contributed by atoms with Crippen LogP contribution in [-0.4, -0.2) is 18.4 Å². The highest BCUT2D eigenvalue weighted by atomic mass is 16.5. The molecule has 18 heavy (non-hydrogen) atoms. The van der Waals surface area contributed by atoms with Crippen molar-refractivity contribution in [2.75, 3.05) is 6.61 Å². The highest BCUT2D eigenvalue weighted by molar-refractivity contribution is 6.00. The Balaban J connectivity index is 2.61. The predicted molar refractivity (Wildman–Crippen MR) is 71.2 cm³/mol. The monoisotopic (exact) mass is 254 g/mol. The van der Waals surface area contributed by atoms with Crippen LogP contribution in [0.3, 0.4) is 0 Å². The summed E-state index contributed by atoms with van der Waals surface area (Å²) >= 11 is 0. The lowest BCUT2D eigenvalue weighted by atomic mass is 9.77. The molecule has 0 aromatic carbocycles. The molecule has 1 saturated carbocycles. The molecule has 0 bridgehead atoms. The molecule has 0 aromatic heterocycles. The van der Waals surface area contributed by atoms with Crippen LogP contribution in [0.25, 0.3) is 0 Å². The van der Waals surface area contributed by atoms with Crippen molar-refractivity contribution in [1.82, 2.24) is 0 Å². The predicted octanol–water partition coefficient (Wildman–Crippen LogP) is 3.36. The second-order valence-corrected chi connectivity index (χ2v) is 5.45. The minimum absolute atomic E-state index is 0.0853. The van der Waals surface area contributed by atoms with Gasteiger partial charge >= 0.3 is 5.97 Å². The van der Waals surface area contributed by atoms with E-state index in [0.29, 0.717) is 13.0 Å². The summed E-state index contributed by atoms with van der Waals surface area (Å²) in [5.74, 6) is 0.0990. The minimum atomic E-state index is -0.520. The van der Waals surface area contributed by atoms with Crippen molar-refractivity contribution < 1.29 is 14.3 Å². The summed E-state index contributed by atoms with van der Waals surface area (Å²) < 4.78 is 5.03.